The van der Waals surface area contributed by atoms with Crippen LogP contribution in [0.25, 0.3) is 10.8 Å². The molecule has 4 rings (SSSR count). The maximum atomic E-state index is 14.0. The number of rotatable bonds is 6. The number of amides is 3. The molecular weight excluding hydrogens is 404 g/mol. The highest BCUT2D eigenvalue weighted by Gasteiger charge is 2.38. The second-order valence-electron chi connectivity index (χ2n) is 8.05. The van der Waals surface area contributed by atoms with Crippen molar-refractivity contribution in [2.75, 3.05) is 6.54 Å². The van der Waals surface area contributed by atoms with Crippen LogP contribution in [0.1, 0.15) is 40.2 Å². The van der Waals surface area contributed by atoms with Crippen molar-refractivity contribution in [2.45, 2.75) is 31.2 Å². The van der Waals surface area contributed by atoms with E-state index in [2.05, 4.69) is 5.43 Å². The Morgan fingerprint density at radius 1 is 1.00 bits per heavy atom. The van der Waals surface area contributed by atoms with Crippen LogP contribution in [0.2, 0.25) is 0 Å². The zero-order chi connectivity index (χ0) is 22.7. The van der Waals surface area contributed by atoms with Gasteiger partial charge in [-0.3, -0.25) is 19.8 Å². The van der Waals surface area contributed by atoms with E-state index in [1.165, 1.54) is 0 Å². The van der Waals surface area contributed by atoms with Crippen LogP contribution in [0.3, 0.4) is 0 Å². The van der Waals surface area contributed by atoms with Crippen LogP contribution in [-0.2, 0) is 16.0 Å². The van der Waals surface area contributed by atoms with Crippen molar-refractivity contribution in [1.82, 2.24) is 10.3 Å². The van der Waals surface area contributed by atoms with Crippen molar-refractivity contribution in [1.29, 1.82) is 0 Å². The van der Waals surface area contributed by atoms with Crippen LogP contribution >= 0.6 is 0 Å². The molecule has 5 N–H and O–H groups in total. The third-order valence-corrected chi connectivity index (χ3v) is 6.15. The molecule has 32 heavy (non-hydrogen) atoms. The highest BCUT2D eigenvalue weighted by Crippen LogP contribution is 2.35. The molecule has 0 aromatic heterocycles. The molecule has 3 aromatic carbocycles. The van der Waals surface area contributed by atoms with Gasteiger partial charge in [0.2, 0.25) is 11.8 Å². The van der Waals surface area contributed by atoms with Crippen LogP contribution in [0.4, 0.5) is 0 Å². The van der Waals surface area contributed by atoms with E-state index in [4.69, 9.17) is 11.6 Å². The minimum Gasteiger partial charge on any atom is -0.366 e. The van der Waals surface area contributed by atoms with Gasteiger partial charge >= 0.3 is 0 Å². The van der Waals surface area contributed by atoms with E-state index in [0.717, 1.165) is 16.3 Å². The maximum Gasteiger partial charge on any atom is 0.256 e. The smallest absolute Gasteiger partial charge is 0.256 e. The lowest BCUT2D eigenvalue weighted by molar-refractivity contribution is -0.139. The molecule has 0 bridgehead atoms. The lowest BCUT2D eigenvalue weighted by Crippen LogP contribution is -2.49. The molecule has 3 amide bonds. The van der Waals surface area contributed by atoms with Gasteiger partial charge < -0.3 is 10.6 Å². The van der Waals surface area contributed by atoms with Gasteiger partial charge in [0.05, 0.1) is 5.92 Å². The largest absolute Gasteiger partial charge is 0.366 e. The average molecular weight is 431 g/mol. The molecule has 164 valence electrons. The minimum atomic E-state index is -0.683. The molecule has 3 aromatic rings. The third kappa shape index (κ3) is 4.07. The summed E-state index contributed by atoms with van der Waals surface area (Å²) in [5, 5.41) is 1.72. The molecule has 0 aliphatic carbocycles. The highest BCUT2D eigenvalue weighted by molar-refractivity contribution is 6.04. The van der Waals surface area contributed by atoms with E-state index in [9.17, 15) is 14.4 Å². The third-order valence-electron chi connectivity index (χ3n) is 6.15. The number of nitrogens with zero attached hydrogens (tertiary/aromatic N) is 1. The highest BCUT2D eigenvalue weighted by atomic mass is 16.2. The van der Waals surface area contributed by atoms with Crippen molar-refractivity contribution >= 4 is 28.5 Å². The van der Waals surface area contributed by atoms with E-state index in [1.54, 1.807) is 11.0 Å². The van der Waals surface area contributed by atoms with Crippen LogP contribution in [-0.4, -0.2) is 35.2 Å². The molecule has 1 aliphatic rings. The number of hydrogen-bond acceptors (Lipinski definition) is 4. The summed E-state index contributed by atoms with van der Waals surface area (Å²) in [6.45, 7) is 0.457. The summed E-state index contributed by atoms with van der Waals surface area (Å²) >= 11 is 0. The molecule has 0 saturated carbocycles. The minimum absolute atomic E-state index is 0.209. The Kier molecular flexibility index (Phi) is 6.18. The predicted molar refractivity (Wildman–Crippen MR) is 122 cm³/mol. The van der Waals surface area contributed by atoms with Crippen LogP contribution in [0.5, 0.6) is 0 Å². The molecular formula is C25H26N4O3. The lowest BCUT2D eigenvalue weighted by Gasteiger charge is -2.29. The number of carbonyl (C=O) groups excluding carboxylic acids is 3. The second-order valence-corrected chi connectivity index (χ2v) is 8.05. The summed E-state index contributed by atoms with van der Waals surface area (Å²) in [6, 6.07) is 20.1. The Labute approximate surface area is 186 Å². The van der Waals surface area contributed by atoms with Gasteiger partial charge in [-0.1, -0.05) is 60.7 Å². The van der Waals surface area contributed by atoms with Gasteiger partial charge in [0.15, 0.2) is 0 Å². The van der Waals surface area contributed by atoms with Crippen molar-refractivity contribution in [3.8, 4) is 0 Å². The summed E-state index contributed by atoms with van der Waals surface area (Å²) in [7, 11) is 0. The monoisotopic (exact) mass is 430 g/mol. The molecule has 0 unspecified atom stereocenters. The molecule has 1 saturated heterocycles. The van der Waals surface area contributed by atoms with Crippen molar-refractivity contribution in [2.24, 2.45) is 11.6 Å². The first kappa shape index (κ1) is 21.5. The summed E-state index contributed by atoms with van der Waals surface area (Å²) in [6.07, 6.45) is 1.63. The first-order valence-electron chi connectivity index (χ1n) is 10.7. The zero-order valence-electron chi connectivity index (χ0n) is 17.7. The van der Waals surface area contributed by atoms with Gasteiger partial charge in [0.25, 0.3) is 5.91 Å². The Bertz CT molecular complexity index is 1160. The quantitative estimate of drug-likeness (QED) is 0.316. The van der Waals surface area contributed by atoms with E-state index in [0.29, 0.717) is 36.9 Å². The molecule has 0 radical (unpaired) electrons. The Morgan fingerprint density at radius 2 is 1.72 bits per heavy atom. The summed E-state index contributed by atoms with van der Waals surface area (Å²) in [5.74, 6) is 3.50. The molecule has 7 heteroatoms. The fourth-order valence-electron chi connectivity index (χ4n) is 4.65. The van der Waals surface area contributed by atoms with Gasteiger partial charge in [-0.25, -0.2) is 5.84 Å². The molecule has 1 heterocycles. The van der Waals surface area contributed by atoms with E-state index < -0.39 is 17.9 Å². The number of benzene rings is 3. The Balaban J connectivity index is 1.87. The summed E-state index contributed by atoms with van der Waals surface area (Å²) in [5.41, 5.74) is 9.78. The normalized spacial score (nSPS) is 16.7. The van der Waals surface area contributed by atoms with Crippen molar-refractivity contribution < 1.29 is 14.4 Å². The molecule has 1 aliphatic heterocycles. The second kappa shape index (κ2) is 9.20. The molecule has 1 fully saturated rings. The average Bonchev–Trinajstić information content (AvgIpc) is 3.31. The number of likely N-dealkylation sites (tertiary alicyclic amines) is 1. The lowest BCUT2D eigenvalue weighted by atomic mass is 9.84. The number of nitrogens with one attached hydrogen (secondary N) is 1. The summed E-state index contributed by atoms with van der Waals surface area (Å²) < 4.78 is 0. The van der Waals surface area contributed by atoms with Gasteiger partial charge in [0.1, 0.15) is 6.04 Å². The number of nitrogens with two attached hydrogens (primary N) is 2. The zero-order valence-corrected chi connectivity index (χ0v) is 17.7. The Morgan fingerprint density at radius 3 is 2.44 bits per heavy atom. The number of primary amides is 1. The fourth-order valence-corrected chi connectivity index (χ4v) is 4.65. The number of carbonyl (C=O) groups is 3. The standard InChI is InChI=1S/C25H26N4O3/c26-23(30)19-13-12-17-9-4-5-10-18(17)22(19)20(15-16-7-2-1-3-8-16)25(32)29-14-6-11-21(29)24(31)28-27/h1-5,7-10,12-13,20-21H,6,11,14-15,27H2,(H2,26,30)(H,28,31)/t20-,21-/m0/s1. The SMILES string of the molecule is NNC(=O)[C@@H]1CCCN1C(=O)[C@@H](Cc1ccccc1)c1c(C(N)=O)ccc2ccccc12. The van der Waals surface area contributed by atoms with Gasteiger partial charge in [-0.15, -0.1) is 0 Å². The van der Waals surface area contributed by atoms with E-state index in [-0.39, 0.29) is 11.8 Å². The van der Waals surface area contributed by atoms with E-state index >= 15 is 0 Å². The summed E-state index contributed by atoms with van der Waals surface area (Å²) in [4.78, 5) is 40.3. The van der Waals surface area contributed by atoms with Gasteiger partial charge in [-0.2, -0.15) is 0 Å². The molecule has 0 spiro atoms. The van der Waals surface area contributed by atoms with Crippen LogP contribution in [0.15, 0.2) is 66.7 Å². The van der Waals surface area contributed by atoms with Crippen molar-refractivity contribution in [3.63, 3.8) is 0 Å². The number of hydrazine groups is 1. The molecule has 7 nitrogen and oxygen atoms in total. The van der Waals surface area contributed by atoms with Gasteiger partial charge in [-0.05, 0) is 47.2 Å². The first-order valence-corrected chi connectivity index (χ1v) is 10.7. The van der Waals surface area contributed by atoms with Crippen LogP contribution < -0.4 is 17.0 Å². The predicted octanol–water partition coefficient (Wildman–Crippen LogP) is 2.25. The number of hydrogen-bond donors (Lipinski definition) is 3. The van der Waals surface area contributed by atoms with Crippen LogP contribution in [0, 0.1) is 0 Å². The maximum absolute atomic E-state index is 14.0. The topological polar surface area (TPSA) is 119 Å². The fraction of sp³-hybridized carbons (Fsp3) is 0.240. The first-order chi connectivity index (χ1) is 15.5. The van der Waals surface area contributed by atoms with E-state index in [1.807, 2.05) is 60.7 Å². The molecule has 2 atom stereocenters. The Hall–Kier alpha value is -3.71. The number of fused-ring (bicyclic) bond motifs is 1. The van der Waals surface area contributed by atoms with Crippen molar-refractivity contribution in [3.05, 3.63) is 83.4 Å². The van der Waals surface area contributed by atoms with Gasteiger partial charge in [0, 0.05) is 12.1 Å².